The van der Waals surface area contributed by atoms with E-state index in [4.69, 9.17) is 29.4 Å². The molecule has 7 rings (SSSR count). The van der Waals surface area contributed by atoms with Crippen molar-refractivity contribution < 1.29 is 122 Å². The maximum absolute atomic E-state index is 12.9. The Hall–Kier alpha value is -0.327. The van der Waals surface area contributed by atoms with Crippen molar-refractivity contribution in [1.29, 1.82) is 5.26 Å². The van der Waals surface area contributed by atoms with E-state index in [1.807, 2.05) is 6.92 Å². The molecule has 1 unspecified atom stereocenters. The van der Waals surface area contributed by atoms with Crippen molar-refractivity contribution in [2.75, 3.05) is 40.1 Å². The van der Waals surface area contributed by atoms with Gasteiger partial charge in [-0.05, 0) is 62.7 Å². The van der Waals surface area contributed by atoms with E-state index in [0.717, 1.165) is 28.0 Å². The number of thioether (sulfide) groups is 1. The van der Waals surface area contributed by atoms with Crippen LogP contribution in [0.2, 0.25) is 0 Å². The van der Waals surface area contributed by atoms with Crippen LogP contribution in [0.4, 0.5) is 0 Å². The second kappa shape index (κ2) is 13.9. The summed E-state index contributed by atoms with van der Waals surface area (Å²) in [7, 11) is 3.66. The van der Waals surface area contributed by atoms with Gasteiger partial charge in [-0.15, -0.1) is 0 Å². The van der Waals surface area contributed by atoms with Gasteiger partial charge in [0.15, 0.2) is 18.3 Å². The normalized spacial score (nSPS) is 29.6. The molecule has 5 aliphatic heterocycles. The van der Waals surface area contributed by atoms with Crippen LogP contribution < -0.4 is 14.2 Å². The van der Waals surface area contributed by atoms with Crippen LogP contribution in [-0.4, -0.2) is 85.1 Å². The summed E-state index contributed by atoms with van der Waals surface area (Å²) in [5, 5.41) is 22.2. The minimum absolute atomic E-state index is 0. The number of benzene rings is 2. The van der Waals surface area contributed by atoms with E-state index in [1.165, 1.54) is 11.8 Å². The van der Waals surface area contributed by atoms with Gasteiger partial charge in [-0.1, -0.05) is 6.07 Å². The molecule has 2 saturated heterocycles. The van der Waals surface area contributed by atoms with Crippen molar-refractivity contribution in [1.82, 2.24) is 9.80 Å². The predicted molar refractivity (Wildman–Crippen MR) is 157 cm³/mol. The number of hydrogen-bond donors (Lipinski definition) is 1. The number of fused-ring (bicyclic) bond motifs is 9. The van der Waals surface area contributed by atoms with Gasteiger partial charge in [0.25, 0.3) is 5.97 Å². The number of nitrogens with one attached hydrogen (secondary N) is 1. The number of phenolic OH excluding ortho intramolecular Hbond substituents is 1. The monoisotopic (exact) mass is 1060 g/mol. The van der Waals surface area contributed by atoms with Crippen molar-refractivity contribution in [2.24, 2.45) is 0 Å². The first-order chi connectivity index (χ1) is 20.7. The van der Waals surface area contributed by atoms with Gasteiger partial charge < -0.3 is 34.5 Å². The Balaban J connectivity index is 0.00000200. The van der Waals surface area contributed by atoms with Crippen molar-refractivity contribution >= 4 is 17.7 Å². The summed E-state index contributed by atoms with van der Waals surface area (Å²) in [5.41, 5.74) is 14.8. The van der Waals surface area contributed by atoms with Gasteiger partial charge >= 0.3 is 0 Å². The zero-order valence-corrected chi connectivity index (χ0v) is 36.3. The third-order valence-corrected chi connectivity index (χ3v) is 11.3. The zero-order chi connectivity index (χ0) is 30.3. The summed E-state index contributed by atoms with van der Waals surface area (Å²) < 4.78 is 29.3. The molecule has 0 aromatic heterocycles. The van der Waals surface area contributed by atoms with Gasteiger partial charge in [-0.3, -0.25) is 14.6 Å². The second-order valence-electron chi connectivity index (χ2n) is 12.0. The number of rotatable bonds is 3. The molecule has 14 heteroatoms. The number of carbonyl (C=O) groups is 1. The minimum atomic E-state index is -1.08. The molecule has 4 bridgehead atoms. The number of phenols is 1. The van der Waals surface area contributed by atoms with Gasteiger partial charge in [0, 0.05) is 130 Å². The predicted octanol–water partition coefficient (Wildman–Crippen LogP) is 4.01. The van der Waals surface area contributed by atoms with Gasteiger partial charge in [0.1, 0.15) is 24.1 Å². The fourth-order valence-corrected chi connectivity index (χ4v) is 9.28. The molecule has 0 saturated carbocycles. The molecule has 2 radical (unpaired) electrons. The summed E-state index contributed by atoms with van der Waals surface area (Å²) in [4.78, 5) is 17.3. The van der Waals surface area contributed by atoms with Gasteiger partial charge in [0.05, 0.1) is 23.4 Å². The Morgan fingerprint density at radius 1 is 1.13 bits per heavy atom. The molecule has 0 aliphatic carbocycles. The van der Waals surface area contributed by atoms with Crippen LogP contribution >= 0.6 is 11.8 Å². The van der Waals surface area contributed by atoms with E-state index in [1.54, 1.807) is 7.11 Å². The fraction of sp³-hybridized carbons (Fsp3) is 0.548. The van der Waals surface area contributed by atoms with Crippen LogP contribution in [0.25, 0.3) is 5.73 Å². The summed E-state index contributed by atoms with van der Waals surface area (Å²) in [6, 6.07) is 1.86. The smallest absolute Gasteiger partial charge is 0.288 e. The Labute approximate surface area is 338 Å². The molecule has 7 atom stereocenters. The average molecular weight is 1060 g/mol. The van der Waals surface area contributed by atoms with Crippen LogP contribution in [0.1, 0.15) is 56.3 Å². The molecule has 45 heavy (non-hydrogen) atoms. The number of cyclic esters (lactones) is 1. The number of aryl methyl sites for hydroxylation is 1. The first-order valence-corrected chi connectivity index (χ1v) is 15.5. The largest absolute Gasteiger partial charge is 0.665 e. The number of nitriles is 1. The molecule has 0 amide bonds. The number of piperazine rings is 1. The van der Waals surface area contributed by atoms with Crippen molar-refractivity contribution in [2.45, 2.75) is 68.7 Å². The van der Waals surface area contributed by atoms with Crippen molar-refractivity contribution in [3.05, 3.63) is 50.7 Å². The van der Waals surface area contributed by atoms with E-state index >= 15 is 0 Å². The maximum atomic E-state index is 12.9. The number of likely N-dealkylation sites (N-methyl/N-ethyl adjacent to an activating group) is 1. The fourth-order valence-electron chi connectivity index (χ4n) is 7.86. The molecule has 2 N–H and O–H groups in total. The Morgan fingerprint density at radius 2 is 1.87 bits per heavy atom. The first kappa shape index (κ1) is 36.0. The van der Waals surface area contributed by atoms with Gasteiger partial charge in [-0.25, -0.2) is 0 Å². The summed E-state index contributed by atoms with van der Waals surface area (Å²) in [6.07, 6.45) is 0.636. The molecule has 2 aromatic carbocycles. The zero-order valence-electron chi connectivity index (χ0n) is 26.0. The third kappa shape index (κ3) is 5.48. The number of hydrogen-bond acceptors (Lipinski definition) is 11. The van der Waals surface area contributed by atoms with Gasteiger partial charge in [-0.2, -0.15) is 17.0 Å². The van der Waals surface area contributed by atoms with E-state index in [2.05, 4.69) is 42.8 Å². The van der Waals surface area contributed by atoms with Crippen molar-refractivity contribution in [3.8, 4) is 29.1 Å². The van der Waals surface area contributed by atoms with E-state index in [0.29, 0.717) is 34.6 Å². The van der Waals surface area contributed by atoms with Gasteiger partial charge in [0.2, 0.25) is 6.79 Å². The van der Waals surface area contributed by atoms with Crippen LogP contribution in [0.3, 0.4) is 0 Å². The molecular formula is C31H35Ac2N4O7S-. The molecule has 0 spiro atoms. The van der Waals surface area contributed by atoms with E-state index in [9.17, 15) is 15.2 Å². The quantitative estimate of drug-likeness (QED) is 0.353. The van der Waals surface area contributed by atoms with Crippen LogP contribution in [0.5, 0.6) is 23.0 Å². The molecular weight excluding hydrogens is 1030 g/mol. The Kier molecular flexibility index (Phi) is 11.1. The number of aromatic hydroxyl groups is 1. The molecule has 11 nitrogen and oxygen atoms in total. The second-order valence-corrected chi connectivity index (χ2v) is 13.2. The molecule has 234 valence electrons. The molecule has 2 fully saturated rings. The summed E-state index contributed by atoms with van der Waals surface area (Å²) in [6.45, 7) is 5.95. The molecule has 5 aliphatic rings. The molecule has 5 heterocycles. The first-order valence-electron chi connectivity index (χ1n) is 14.5. The Morgan fingerprint density at radius 3 is 2.58 bits per heavy atom. The van der Waals surface area contributed by atoms with Crippen LogP contribution in [0.15, 0.2) is 6.07 Å². The minimum Gasteiger partial charge on any atom is -0.665 e. The standard InChI is InChI=1S/C31H35N4O7S.2Ac/c1-13-6-16-7-18-19(8-32)35-20-9-39-31(37)17(33)10-43-30(23-22(20)29-28(41-12-42-29)15(3)26(23)36)25(35)24(34(18)4)21(16)27(14(13)2)40-11-38-5;;/h6,17-20,24-25,30,33,36H,7,9-12H2,1-5H3;;/q-1;;/t17-,18-,19-,20+,24+,25?,30+;;/m0../s1. The topological polar surface area (TPSA) is 138 Å². The number of nitrogens with zero attached hydrogens (tertiary/aromatic N) is 3. The number of carbonyl (C=O) groups excluding carboxylic acids is 1. The van der Waals surface area contributed by atoms with Crippen LogP contribution in [0, 0.1) is 120 Å². The Bertz CT molecular complexity index is 1570. The summed E-state index contributed by atoms with van der Waals surface area (Å²) in [5.74, 6) is 1.44. The van der Waals surface area contributed by atoms with E-state index < -0.39 is 29.3 Å². The molecule has 2 aromatic rings. The number of methoxy groups -OCH3 is 1. The van der Waals surface area contributed by atoms with Crippen molar-refractivity contribution in [3.63, 3.8) is 0 Å². The third-order valence-electron chi connectivity index (χ3n) is 9.90. The summed E-state index contributed by atoms with van der Waals surface area (Å²) >= 11 is 1.44. The van der Waals surface area contributed by atoms with Crippen LogP contribution in [-0.2, 0) is 20.7 Å². The SMILES string of the molecule is COCOc1c(C)c(C)cc2c1[C@@H]1C3[C@@H]4SC[C@H]([NH-])C(=O)OC[C@H](c5c6c(c(C)c(O)c54)OCO6)N3[C@@H](C#N)[C@H](C2)N1C.[Ac].[Ac]. The maximum Gasteiger partial charge on any atom is 0.288 e. The number of ether oxygens (including phenoxy) is 5. The average Bonchev–Trinajstić information content (AvgIpc) is 3.48. The van der Waals surface area contributed by atoms with E-state index in [-0.39, 0.29) is 138 Å². The number of esters is 1.